The fourth-order valence-corrected chi connectivity index (χ4v) is 3.17. The van der Waals surface area contributed by atoms with E-state index < -0.39 is 0 Å². The van der Waals surface area contributed by atoms with Crippen molar-refractivity contribution in [3.05, 3.63) is 33.3 Å². The fourth-order valence-electron chi connectivity index (χ4n) is 1.88. The zero-order valence-electron chi connectivity index (χ0n) is 9.10. The molecule has 0 radical (unpaired) electrons. The van der Waals surface area contributed by atoms with Gasteiger partial charge in [0.05, 0.1) is 11.1 Å². The van der Waals surface area contributed by atoms with Crippen molar-refractivity contribution in [1.29, 1.82) is 0 Å². The molecule has 2 nitrogen and oxygen atoms in total. The number of rotatable bonds is 3. The summed E-state index contributed by atoms with van der Waals surface area (Å²) in [6.45, 7) is 0. The Bertz CT molecular complexity index is 441. The number of hydrogen-bond donors (Lipinski definition) is 1. The van der Waals surface area contributed by atoms with Gasteiger partial charge in [-0.25, -0.2) is 0 Å². The van der Waals surface area contributed by atoms with E-state index >= 15 is 0 Å². The molecule has 1 N–H and O–H groups in total. The summed E-state index contributed by atoms with van der Waals surface area (Å²) in [5.41, 5.74) is 0.517. The molecule has 0 bridgehead atoms. The molecule has 17 heavy (non-hydrogen) atoms. The van der Waals surface area contributed by atoms with Gasteiger partial charge in [0.1, 0.15) is 0 Å². The number of alkyl halides is 1. The highest BCUT2D eigenvalue weighted by atomic mass is 79.9. The van der Waals surface area contributed by atoms with Gasteiger partial charge in [0.25, 0.3) is 5.91 Å². The van der Waals surface area contributed by atoms with E-state index in [4.69, 9.17) is 11.6 Å². The molecule has 2 rings (SSSR count). The Morgan fingerprint density at radius 1 is 1.47 bits per heavy atom. The Hall–Kier alpha value is -0.0600. The molecule has 1 aliphatic rings. The molecule has 1 aromatic carbocycles. The third-order valence-electron chi connectivity index (χ3n) is 3.12. The second kappa shape index (κ2) is 5.29. The summed E-state index contributed by atoms with van der Waals surface area (Å²) in [6, 6.07) is 5.23. The summed E-state index contributed by atoms with van der Waals surface area (Å²) in [5, 5.41) is 4.45. The van der Waals surface area contributed by atoms with E-state index in [-0.39, 0.29) is 11.4 Å². The van der Waals surface area contributed by atoms with Crippen LogP contribution in [0.1, 0.15) is 29.6 Å². The van der Waals surface area contributed by atoms with Gasteiger partial charge in [0, 0.05) is 14.8 Å². The van der Waals surface area contributed by atoms with Crippen molar-refractivity contribution in [1.82, 2.24) is 5.32 Å². The van der Waals surface area contributed by atoms with Crippen molar-refractivity contribution in [2.45, 2.75) is 24.8 Å². The minimum Gasteiger partial charge on any atom is -0.346 e. The standard InChI is InChI=1S/C12H12Br2ClNO/c13-7-12(4-1-5-12)16-11(17)9-6-8(15)2-3-10(9)14/h2-3,6H,1,4-5,7H2,(H,16,17). The van der Waals surface area contributed by atoms with Crippen LogP contribution in [0.2, 0.25) is 5.02 Å². The topological polar surface area (TPSA) is 29.1 Å². The Kier molecular flexibility index (Phi) is 4.16. The number of nitrogens with one attached hydrogen (secondary N) is 1. The van der Waals surface area contributed by atoms with E-state index in [1.54, 1.807) is 18.2 Å². The number of halogens is 3. The Morgan fingerprint density at radius 3 is 2.71 bits per heavy atom. The molecule has 1 aliphatic carbocycles. The molecule has 0 aliphatic heterocycles. The van der Waals surface area contributed by atoms with E-state index in [1.165, 1.54) is 6.42 Å². The fraction of sp³-hybridized carbons (Fsp3) is 0.417. The molecule has 1 amide bonds. The van der Waals surface area contributed by atoms with Crippen molar-refractivity contribution in [3.63, 3.8) is 0 Å². The first kappa shape index (κ1) is 13.4. The van der Waals surface area contributed by atoms with E-state index in [2.05, 4.69) is 37.2 Å². The van der Waals surface area contributed by atoms with E-state index in [1.807, 2.05) is 0 Å². The molecular formula is C12H12Br2ClNO. The molecule has 0 aromatic heterocycles. The Labute approximate surface area is 122 Å². The molecule has 0 atom stereocenters. The van der Waals surface area contributed by atoms with Gasteiger partial charge in [0.15, 0.2) is 0 Å². The van der Waals surface area contributed by atoms with Crippen LogP contribution in [-0.2, 0) is 0 Å². The molecule has 0 unspecified atom stereocenters. The maximum absolute atomic E-state index is 12.2. The van der Waals surface area contributed by atoms with Crippen LogP contribution in [0, 0.1) is 0 Å². The predicted molar refractivity (Wildman–Crippen MR) is 77.0 cm³/mol. The van der Waals surface area contributed by atoms with Crippen LogP contribution < -0.4 is 5.32 Å². The molecule has 0 saturated heterocycles. The van der Waals surface area contributed by atoms with Gasteiger partial charge in [0.2, 0.25) is 0 Å². The minimum atomic E-state index is -0.0708. The van der Waals surface area contributed by atoms with Gasteiger partial charge in [-0.3, -0.25) is 4.79 Å². The second-order valence-electron chi connectivity index (χ2n) is 4.35. The van der Waals surface area contributed by atoms with Crippen LogP contribution in [0.4, 0.5) is 0 Å². The lowest BCUT2D eigenvalue weighted by Crippen LogP contribution is -2.54. The molecule has 1 fully saturated rings. The maximum Gasteiger partial charge on any atom is 0.252 e. The molecule has 5 heteroatoms. The number of carbonyl (C=O) groups excluding carboxylic acids is 1. The van der Waals surface area contributed by atoms with Crippen LogP contribution in [0.25, 0.3) is 0 Å². The van der Waals surface area contributed by atoms with Crippen LogP contribution in [0.3, 0.4) is 0 Å². The van der Waals surface area contributed by atoms with Crippen molar-refractivity contribution in [2.24, 2.45) is 0 Å². The largest absolute Gasteiger partial charge is 0.346 e. The van der Waals surface area contributed by atoms with E-state index in [9.17, 15) is 4.79 Å². The van der Waals surface area contributed by atoms with Gasteiger partial charge in [-0.2, -0.15) is 0 Å². The first-order valence-corrected chi connectivity index (χ1v) is 7.69. The highest BCUT2D eigenvalue weighted by molar-refractivity contribution is 9.10. The quantitative estimate of drug-likeness (QED) is 0.783. The second-order valence-corrected chi connectivity index (χ2v) is 6.20. The monoisotopic (exact) mass is 379 g/mol. The molecule has 0 heterocycles. The number of hydrogen-bond acceptors (Lipinski definition) is 1. The van der Waals surface area contributed by atoms with Gasteiger partial charge < -0.3 is 5.32 Å². The summed E-state index contributed by atoms with van der Waals surface area (Å²) in [7, 11) is 0. The number of benzene rings is 1. The lowest BCUT2D eigenvalue weighted by Gasteiger charge is -2.41. The summed E-state index contributed by atoms with van der Waals surface area (Å²) < 4.78 is 0.767. The van der Waals surface area contributed by atoms with E-state index in [0.717, 1.165) is 22.6 Å². The molecule has 0 spiro atoms. The van der Waals surface area contributed by atoms with Crippen molar-refractivity contribution in [2.75, 3.05) is 5.33 Å². The maximum atomic E-state index is 12.2. The number of carbonyl (C=O) groups is 1. The van der Waals surface area contributed by atoms with E-state index in [0.29, 0.717) is 10.6 Å². The van der Waals surface area contributed by atoms with Crippen LogP contribution in [-0.4, -0.2) is 16.8 Å². The van der Waals surface area contributed by atoms with Gasteiger partial charge >= 0.3 is 0 Å². The van der Waals surface area contributed by atoms with Crippen molar-refractivity contribution >= 4 is 49.4 Å². The minimum absolute atomic E-state index is 0.0706. The van der Waals surface area contributed by atoms with Gasteiger partial charge in [-0.1, -0.05) is 27.5 Å². The smallest absolute Gasteiger partial charge is 0.252 e. The zero-order valence-corrected chi connectivity index (χ0v) is 13.0. The average Bonchev–Trinajstić information content (AvgIpc) is 2.26. The predicted octanol–water partition coefficient (Wildman–Crippen LogP) is 4.15. The normalized spacial score (nSPS) is 17.4. The highest BCUT2D eigenvalue weighted by Gasteiger charge is 2.37. The van der Waals surface area contributed by atoms with Crippen LogP contribution in [0.5, 0.6) is 0 Å². The average molecular weight is 381 g/mol. The first-order chi connectivity index (χ1) is 8.06. The van der Waals surface area contributed by atoms with Crippen molar-refractivity contribution < 1.29 is 4.79 Å². The summed E-state index contributed by atoms with van der Waals surface area (Å²) in [6.07, 6.45) is 3.23. The zero-order chi connectivity index (χ0) is 12.5. The first-order valence-electron chi connectivity index (χ1n) is 5.40. The lowest BCUT2D eigenvalue weighted by molar-refractivity contribution is 0.0855. The van der Waals surface area contributed by atoms with Crippen LogP contribution >= 0.6 is 43.5 Å². The van der Waals surface area contributed by atoms with Crippen molar-refractivity contribution in [3.8, 4) is 0 Å². The van der Waals surface area contributed by atoms with Gasteiger partial charge in [-0.05, 0) is 53.4 Å². The summed E-state index contributed by atoms with van der Waals surface area (Å²) in [4.78, 5) is 12.2. The Balaban J connectivity index is 2.17. The third-order valence-corrected chi connectivity index (χ3v) is 5.12. The van der Waals surface area contributed by atoms with Crippen LogP contribution in [0.15, 0.2) is 22.7 Å². The van der Waals surface area contributed by atoms with Gasteiger partial charge in [-0.15, -0.1) is 0 Å². The third kappa shape index (κ3) is 2.85. The summed E-state index contributed by atoms with van der Waals surface area (Å²) >= 11 is 12.7. The molecule has 1 aromatic rings. The summed E-state index contributed by atoms with van der Waals surface area (Å²) in [5.74, 6) is -0.0708. The molecular weight excluding hydrogens is 369 g/mol. The molecule has 92 valence electrons. The highest BCUT2D eigenvalue weighted by Crippen LogP contribution is 2.34. The lowest BCUT2D eigenvalue weighted by atomic mass is 9.78. The SMILES string of the molecule is O=C(NC1(CBr)CCC1)c1cc(Cl)ccc1Br. The Morgan fingerprint density at radius 2 is 2.18 bits per heavy atom. The molecule has 1 saturated carbocycles. The number of amides is 1.